The number of H-pyrrole nitrogens is 1. The molecule has 5 rings (SSSR count). The second kappa shape index (κ2) is 11.8. The maximum atomic E-state index is 13.0. The zero-order valence-electron chi connectivity index (χ0n) is 21.6. The summed E-state index contributed by atoms with van der Waals surface area (Å²) in [6, 6.07) is 22.3. The summed E-state index contributed by atoms with van der Waals surface area (Å²) in [5, 5.41) is 6.44. The number of aromatic nitrogens is 1. The van der Waals surface area contributed by atoms with Gasteiger partial charge in [-0.1, -0.05) is 42.5 Å². The number of ether oxygens (including phenoxy) is 2. The molecule has 2 heterocycles. The van der Waals surface area contributed by atoms with E-state index in [1.807, 2.05) is 54.7 Å². The van der Waals surface area contributed by atoms with Crippen molar-refractivity contribution in [2.75, 3.05) is 45.3 Å². The summed E-state index contributed by atoms with van der Waals surface area (Å²) in [7, 11) is 1.61. The van der Waals surface area contributed by atoms with Crippen molar-refractivity contribution in [2.24, 2.45) is 0 Å². The van der Waals surface area contributed by atoms with Crippen LogP contribution in [0.2, 0.25) is 0 Å². The summed E-state index contributed by atoms with van der Waals surface area (Å²) in [4.78, 5) is 43.8. The van der Waals surface area contributed by atoms with E-state index in [0.29, 0.717) is 31.9 Å². The first kappa shape index (κ1) is 26.0. The number of nitrogens with one attached hydrogen (secondary N) is 3. The van der Waals surface area contributed by atoms with Gasteiger partial charge >= 0.3 is 11.8 Å². The van der Waals surface area contributed by atoms with Crippen LogP contribution >= 0.6 is 0 Å². The number of para-hydroxylation sites is 2. The molecule has 0 saturated carbocycles. The Kier molecular flexibility index (Phi) is 7.88. The number of anilines is 1. The Balaban J connectivity index is 1.32. The third-order valence-electron chi connectivity index (χ3n) is 6.89. The molecule has 3 amide bonds. The molecule has 3 aromatic carbocycles. The fourth-order valence-corrected chi connectivity index (χ4v) is 4.80. The third-order valence-corrected chi connectivity index (χ3v) is 6.89. The van der Waals surface area contributed by atoms with Crippen LogP contribution in [0.3, 0.4) is 0 Å². The summed E-state index contributed by atoms with van der Waals surface area (Å²) in [5.41, 5.74) is 3.56. The van der Waals surface area contributed by atoms with Crippen LogP contribution < -0.4 is 15.4 Å². The van der Waals surface area contributed by atoms with Crippen molar-refractivity contribution in [3.8, 4) is 5.75 Å². The molecule has 1 saturated heterocycles. The van der Waals surface area contributed by atoms with Gasteiger partial charge in [0.25, 0.3) is 5.91 Å². The lowest BCUT2D eigenvalue weighted by atomic mass is 9.90. The Morgan fingerprint density at radius 2 is 1.67 bits per heavy atom. The zero-order valence-corrected chi connectivity index (χ0v) is 21.6. The van der Waals surface area contributed by atoms with Crippen LogP contribution in [0.15, 0.2) is 79.0 Å². The van der Waals surface area contributed by atoms with Gasteiger partial charge in [-0.25, -0.2) is 0 Å². The van der Waals surface area contributed by atoms with Crippen molar-refractivity contribution in [3.05, 3.63) is 95.7 Å². The van der Waals surface area contributed by atoms with Crippen LogP contribution in [0.25, 0.3) is 10.9 Å². The van der Waals surface area contributed by atoms with Gasteiger partial charge in [-0.15, -0.1) is 0 Å². The smallest absolute Gasteiger partial charge is 0.313 e. The average Bonchev–Trinajstić information content (AvgIpc) is 3.42. The second-order valence-electron chi connectivity index (χ2n) is 9.23. The number of hydrogen-bond donors (Lipinski definition) is 3. The summed E-state index contributed by atoms with van der Waals surface area (Å²) < 4.78 is 10.6. The van der Waals surface area contributed by atoms with Crippen LogP contribution in [0.5, 0.6) is 5.75 Å². The molecular weight excluding hydrogens is 496 g/mol. The summed E-state index contributed by atoms with van der Waals surface area (Å²) in [6.07, 6.45) is 1.93. The quantitative estimate of drug-likeness (QED) is 0.319. The molecule has 9 heteroatoms. The number of methoxy groups -OCH3 is 1. The van der Waals surface area contributed by atoms with E-state index in [9.17, 15) is 14.4 Å². The maximum absolute atomic E-state index is 13.0. The van der Waals surface area contributed by atoms with E-state index < -0.39 is 11.8 Å². The Morgan fingerprint density at radius 1 is 0.949 bits per heavy atom. The molecule has 0 spiro atoms. The molecule has 1 fully saturated rings. The molecule has 1 unspecified atom stereocenters. The number of nitrogens with zero attached hydrogens (tertiary/aromatic N) is 1. The van der Waals surface area contributed by atoms with E-state index in [0.717, 1.165) is 27.8 Å². The molecule has 1 aromatic heterocycles. The number of carbonyl (C=O) groups excluding carboxylic acids is 3. The van der Waals surface area contributed by atoms with Crippen molar-refractivity contribution < 1.29 is 23.9 Å². The number of benzene rings is 3. The second-order valence-corrected chi connectivity index (χ2v) is 9.23. The lowest BCUT2D eigenvalue weighted by Gasteiger charge is -2.27. The standard InChI is InChI=1S/C30H30N4O5/c1-38-21-12-10-20(11-13-21)24(25-19-31-26-8-4-2-6-22(25)26)18-32-28(35)29(36)33-27-9-5-3-7-23(27)30(37)34-14-16-39-17-15-34/h2-13,19,24,31H,14-18H2,1H3,(H,32,35)(H,33,36). The summed E-state index contributed by atoms with van der Waals surface area (Å²) >= 11 is 0. The highest BCUT2D eigenvalue weighted by molar-refractivity contribution is 6.40. The Labute approximate surface area is 226 Å². The molecule has 0 bridgehead atoms. The van der Waals surface area contributed by atoms with Crippen LogP contribution in [-0.4, -0.2) is 67.6 Å². The first-order valence-corrected chi connectivity index (χ1v) is 12.8. The lowest BCUT2D eigenvalue weighted by molar-refractivity contribution is -0.136. The van der Waals surface area contributed by atoms with Crippen molar-refractivity contribution in [3.63, 3.8) is 0 Å². The van der Waals surface area contributed by atoms with Crippen LogP contribution in [-0.2, 0) is 14.3 Å². The molecule has 1 atom stereocenters. The number of hydrogen-bond acceptors (Lipinski definition) is 5. The minimum Gasteiger partial charge on any atom is -0.497 e. The van der Waals surface area contributed by atoms with Gasteiger partial charge in [0.15, 0.2) is 0 Å². The molecule has 0 aliphatic carbocycles. The number of morpholine rings is 1. The minimum atomic E-state index is -0.843. The Hall–Kier alpha value is -4.63. The number of aromatic amines is 1. The highest BCUT2D eigenvalue weighted by Gasteiger charge is 2.24. The number of fused-ring (bicyclic) bond motifs is 1. The average molecular weight is 527 g/mol. The highest BCUT2D eigenvalue weighted by atomic mass is 16.5. The van der Waals surface area contributed by atoms with Crippen molar-refractivity contribution in [1.29, 1.82) is 0 Å². The fraction of sp³-hybridized carbons (Fsp3) is 0.233. The molecular formula is C30H30N4O5. The van der Waals surface area contributed by atoms with E-state index in [1.54, 1.807) is 36.3 Å². The van der Waals surface area contributed by atoms with Gasteiger partial charge in [0.1, 0.15) is 5.75 Å². The fourth-order valence-electron chi connectivity index (χ4n) is 4.80. The molecule has 9 nitrogen and oxygen atoms in total. The summed E-state index contributed by atoms with van der Waals surface area (Å²) in [6.45, 7) is 2.07. The third kappa shape index (κ3) is 5.78. The summed E-state index contributed by atoms with van der Waals surface area (Å²) in [5.74, 6) is -1.34. The van der Waals surface area contributed by atoms with Crippen LogP contribution in [0, 0.1) is 0 Å². The molecule has 0 radical (unpaired) electrons. The number of rotatable bonds is 7. The number of amides is 3. The Morgan fingerprint density at radius 3 is 2.44 bits per heavy atom. The predicted molar refractivity (Wildman–Crippen MR) is 148 cm³/mol. The highest BCUT2D eigenvalue weighted by Crippen LogP contribution is 2.31. The van der Waals surface area contributed by atoms with Gasteiger partial charge in [0.2, 0.25) is 0 Å². The zero-order chi connectivity index (χ0) is 27.2. The number of carbonyl (C=O) groups is 3. The van der Waals surface area contributed by atoms with Gasteiger partial charge in [0, 0.05) is 42.7 Å². The normalized spacial score (nSPS) is 14.0. The molecule has 1 aliphatic rings. The molecule has 1 aliphatic heterocycles. The van der Waals surface area contributed by atoms with Crippen molar-refractivity contribution in [1.82, 2.24) is 15.2 Å². The van der Waals surface area contributed by atoms with E-state index in [2.05, 4.69) is 15.6 Å². The maximum Gasteiger partial charge on any atom is 0.313 e. The predicted octanol–water partition coefficient (Wildman–Crippen LogP) is 3.54. The van der Waals surface area contributed by atoms with Crippen molar-refractivity contribution >= 4 is 34.3 Å². The molecule has 39 heavy (non-hydrogen) atoms. The first-order valence-electron chi connectivity index (χ1n) is 12.8. The largest absolute Gasteiger partial charge is 0.497 e. The molecule has 200 valence electrons. The monoisotopic (exact) mass is 526 g/mol. The first-order chi connectivity index (χ1) is 19.0. The van der Waals surface area contributed by atoms with E-state index in [4.69, 9.17) is 9.47 Å². The molecule has 4 aromatic rings. The Bertz CT molecular complexity index is 1470. The van der Waals surface area contributed by atoms with Gasteiger partial charge in [-0.2, -0.15) is 0 Å². The minimum absolute atomic E-state index is 0.189. The van der Waals surface area contributed by atoms with Crippen molar-refractivity contribution in [2.45, 2.75) is 5.92 Å². The van der Waals surface area contributed by atoms with Gasteiger partial charge in [-0.05, 0) is 41.5 Å². The van der Waals surface area contributed by atoms with Crippen LogP contribution in [0.1, 0.15) is 27.4 Å². The lowest BCUT2D eigenvalue weighted by Crippen LogP contribution is -2.41. The molecule has 3 N–H and O–H groups in total. The van der Waals surface area contributed by atoms with E-state index in [1.165, 1.54) is 0 Å². The van der Waals surface area contributed by atoms with E-state index in [-0.39, 0.29) is 24.1 Å². The topological polar surface area (TPSA) is 113 Å². The van der Waals surface area contributed by atoms with Gasteiger partial charge in [0.05, 0.1) is 31.6 Å². The van der Waals surface area contributed by atoms with E-state index >= 15 is 0 Å². The SMILES string of the molecule is COc1ccc(C(CNC(=O)C(=O)Nc2ccccc2C(=O)N2CCOCC2)c2c[nH]c3ccccc23)cc1. The van der Waals surface area contributed by atoms with Gasteiger partial charge < -0.3 is 30.0 Å². The van der Waals surface area contributed by atoms with Crippen LogP contribution in [0.4, 0.5) is 5.69 Å². The van der Waals surface area contributed by atoms with Gasteiger partial charge in [-0.3, -0.25) is 14.4 Å².